The summed E-state index contributed by atoms with van der Waals surface area (Å²) in [6, 6.07) is 7.93. The Morgan fingerprint density at radius 2 is 2.00 bits per heavy atom. The standard InChI is InChI=1S/C17H21N3O2/c1-17(2,3)14-6-4-12(5-7-14)16(21)20-9-8-13(10-20)15-18-11-22-19-15/h4-7,11,13H,8-10H2,1-3H3/t13-/m0/s1. The molecular formula is C17H21N3O2. The van der Waals surface area contributed by atoms with Crippen molar-refractivity contribution < 1.29 is 9.32 Å². The summed E-state index contributed by atoms with van der Waals surface area (Å²) in [6.07, 6.45) is 2.22. The summed E-state index contributed by atoms with van der Waals surface area (Å²) in [5, 5.41) is 3.88. The van der Waals surface area contributed by atoms with Crippen molar-refractivity contribution in [2.24, 2.45) is 0 Å². The van der Waals surface area contributed by atoms with Crippen LogP contribution in [0.5, 0.6) is 0 Å². The van der Waals surface area contributed by atoms with Gasteiger partial charge in [-0.05, 0) is 29.5 Å². The molecule has 0 saturated carbocycles. The van der Waals surface area contributed by atoms with Gasteiger partial charge in [-0.2, -0.15) is 4.98 Å². The van der Waals surface area contributed by atoms with Gasteiger partial charge in [0.1, 0.15) is 0 Å². The topological polar surface area (TPSA) is 59.2 Å². The van der Waals surface area contributed by atoms with E-state index in [-0.39, 0.29) is 17.2 Å². The van der Waals surface area contributed by atoms with E-state index in [1.165, 1.54) is 12.0 Å². The molecule has 0 unspecified atom stereocenters. The Labute approximate surface area is 130 Å². The zero-order valence-electron chi connectivity index (χ0n) is 13.2. The van der Waals surface area contributed by atoms with E-state index >= 15 is 0 Å². The van der Waals surface area contributed by atoms with Gasteiger partial charge in [-0.15, -0.1) is 0 Å². The van der Waals surface area contributed by atoms with Crippen LogP contribution in [0.2, 0.25) is 0 Å². The molecule has 0 spiro atoms. The highest BCUT2D eigenvalue weighted by atomic mass is 16.5. The van der Waals surface area contributed by atoms with Crippen LogP contribution in [0.15, 0.2) is 35.2 Å². The van der Waals surface area contributed by atoms with Crippen LogP contribution < -0.4 is 0 Å². The SMILES string of the molecule is CC(C)(C)c1ccc(C(=O)N2CC[C@H](c3ncon3)C2)cc1. The van der Waals surface area contributed by atoms with Crippen LogP contribution in [0, 0.1) is 0 Å². The third-order valence-corrected chi connectivity index (χ3v) is 4.22. The molecule has 5 nitrogen and oxygen atoms in total. The van der Waals surface area contributed by atoms with Crippen LogP contribution in [0.3, 0.4) is 0 Å². The molecule has 1 atom stereocenters. The lowest BCUT2D eigenvalue weighted by atomic mass is 9.86. The fourth-order valence-electron chi connectivity index (χ4n) is 2.81. The van der Waals surface area contributed by atoms with Gasteiger partial charge >= 0.3 is 0 Å². The molecule has 1 aromatic carbocycles. The summed E-state index contributed by atoms with van der Waals surface area (Å²) < 4.78 is 4.79. The zero-order valence-corrected chi connectivity index (χ0v) is 13.2. The van der Waals surface area contributed by atoms with Gasteiger partial charge in [-0.1, -0.05) is 38.1 Å². The molecule has 1 saturated heterocycles. The van der Waals surface area contributed by atoms with Gasteiger partial charge in [0.15, 0.2) is 5.82 Å². The largest absolute Gasteiger partial charge is 0.343 e. The van der Waals surface area contributed by atoms with Gasteiger partial charge in [0.05, 0.1) is 0 Å². The molecule has 22 heavy (non-hydrogen) atoms. The molecule has 1 amide bonds. The van der Waals surface area contributed by atoms with Crippen molar-refractivity contribution >= 4 is 5.91 Å². The lowest BCUT2D eigenvalue weighted by Crippen LogP contribution is -2.28. The lowest BCUT2D eigenvalue weighted by molar-refractivity contribution is 0.0790. The number of likely N-dealkylation sites (tertiary alicyclic amines) is 1. The zero-order chi connectivity index (χ0) is 15.7. The van der Waals surface area contributed by atoms with E-state index in [0.717, 1.165) is 18.5 Å². The van der Waals surface area contributed by atoms with Gasteiger partial charge in [0, 0.05) is 24.6 Å². The number of amides is 1. The summed E-state index contributed by atoms with van der Waals surface area (Å²) >= 11 is 0. The first-order valence-corrected chi connectivity index (χ1v) is 7.61. The monoisotopic (exact) mass is 299 g/mol. The number of aromatic nitrogens is 2. The number of carbonyl (C=O) groups is 1. The molecule has 1 aliphatic heterocycles. The second-order valence-corrected chi connectivity index (χ2v) is 6.85. The predicted octanol–water partition coefficient (Wildman–Crippen LogP) is 3.00. The van der Waals surface area contributed by atoms with Gasteiger partial charge in [0.2, 0.25) is 6.39 Å². The van der Waals surface area contributed by atoms with Crippen LogP contribution in [-0.2, 0) is 5.41 Å². The minimum Gasteiger partial charge on any atom is -0.343 e. The number of carbonyl (C=O) groups excluding carboxylic acids is 1. The Balaban J connectivity index is 1.70. The van der Waals surface area contributed by atoms with Crippen LogP contribution in [0.4, 0.5) is 0 Å². The number of benzene rings is 1. The summed E-state index contributed by atoms with van der Waals surface area (Å²) in [6.45, 7) is 7.89. The molecule has 3 rings (SSSR count). The number of hydrogen-bond acceptors (Lipinski definition) is 4. The van der Waals surface area contributed by atoms with E-state index in [1.807, 2.05) is 29.2 Å². The van der Waals surface area contributed by atoms with Crippen LogP contribution >= 0.6 is 0 Å². The molecule has 0 bridgehead atoms. The smallest absolute Gasteiger partial charge is 0.253 e. The number of rotatable bonds is 2. The fourth-order valence-corrected chi connectivity index (χ4v) is 2.81. The summed E-state index contributed by atoms with van der Waals surface area (Å²) in [7, 11) is 0. The Kier molecular flexibility index (Phi) is 3.72. The molecule has 0 aliphatic carbocycles. The Morgan fingerprint density at radius 3 is 2.59 bits per heavy atom. The minimum atomic E-state index is 0.0754. The number of nitrogens with zero attached hydrogens (tertiary/aromatic N) is 3. The quantitative estimate of drug-likeness (QED) is 0.855. The van der Waals surface area contributed by atoms with Crippen molar-refractivity contribution in [2.45, 2.75) is 38.5 Å². The molecular weight excluding hydrogens is 278 g/mol. The highest BCUT2D eigenvalue weighted by Crippen LogP contribution is 2.27. The summed E-state index contributed by atoms with van der Waals surface area (Å²) in [5.74, 6) is 0.946. The van der Waals surface area contributed by atoms with Crippen molar-refractivity contribution in [1.29, 1.82) is 0 Å². The van der Waals surface area contributed by atoms with Gasteiger partial charge < -0.3 is 9.42 Å². The summed E-state index contributed by atoms with van der Waals surface area (Å²) in [4.78, 5) is 18.5. The second kappa shape index (κ2) is 5.55. The maximum absolute atomic E-state index is 12.6. The second-order valence-electron chi connectivity index (χ2n) is 6.85. The first-order chi connectivity index (χ1) is 10.4. The molecule has 2 aromatic rings. The van der Waals surface area contributed by atoms with E-state index in [9.17, 15) is 4.79 Å². The van der Waals surface area contributed by atoms with Crippen molar-refractivity contribution in [3.63, 3.8) is 0 Å². The first-order valence-electron chi connectivity index (χ1n) is 7.61. The minimum absolute atomic E-state index is 0.0754. The predicted molar refractivity (Wildman–Crippen MR) is 82.7 cm³/mol. The van der Waals surface area contributed by atoms with Crippen molar-refractivity contribution in [2.75, 3.05) is 13.1 Å². The Bertz CT molecular complexity index is 642. The molecule has 2 heterocycles. The van der Waals surface area contributed by atoms with Crippen LogP contribution in [-0.4, -0.2) is 34.0 Å². The van der Waals surface area contributed by atoms with Crippen LogP contribution in [0.25, 0.3) is 0 Å². The van der Waals surface area contributed by atoms with Gasteiger partial charge in [-0.3, -0.25) is 4.79 Å². The lowest BCUT2D eigenvalue weighted by Gasteiger charge is -2.20. The van der Waals surface area contributed by atoms with E-state index in [1.54, 1.807) is 0 Å². The maximum Gasteiger partial charge on any atom is 0.253 e. The average molecular weight is 299 g/mol. The molecule has 116 valence electrons. The third kappa shape index (κ3) is 2.89. The highest BCUT2D eigenvalue weighted by molar-refractivity contribution is 5.94. The van der Waals surface area contributed by atoms with Crippen molar-refractivity contribution in [1.82, 2.24) is 15.0 Å². The molecule has 1 fully saturated rings. The van der Waals surface area contributed by atoms with E-state index in [4.69, 9.17) is 4.52 Å². The first kappa shape index (κ1) is 14.8. The summed E-state index contributed by atoms with van der Waals surface area (Å²) in [5.41, 5.74) is 2.07. The third-order valence-electron chi connectivity index (χ3n) is 4.22. The van der Waals surface area contributed by atoms with Crippen LogP contribution in [0.1, 0.15) is 54.9 Å². The maximum atomic E-state index is 12.6. The van der Waals surface area contributed by atoms with Crippen molar-refractivity contribution in [3.8, 4) is 0 Å². The highest BCUT2D eigenvalue weighted by Gasteiger charge is 2.30. The molecule has 1 aromatic heterocycles. The molecule has 5 heteroatoms. The van der Waals surface area contributed by atoms with E-state index in [2.05, 4.69) is 30.9 Å². The average Bonchev–Trinajstić information content (AvgIpc) is 3.16. The Hall–Kier alpha value is -2.17. The van der Waals surface area contributed by atoms with Gasteiger partial charge in [-0.25, -0.2) is 0 Å². The molecule has 0 N–H and O–H groups in total. The Morgan fingerprint density at radius 1 is 1.27 bits per heavy atom. The molecule has 0 radical (unpaired) electrons. The van der Waals surface area contributed by atoms with E-state index < -0.39 is 0 Å². The normalized spacial score (nSPS) is 18.7. The number of hydrogen-bond donors (Lipinski definition) is 0. The van der Waals surface area contributed by atoms with Gasteiger partial charge in [0.25, 0.3) is 5.91 Å². The van der Waals surface area contributed by atoms with E-state index in [0.29, 0.717) is 12.4 Å². The fraction of sp³-hybridized carbons (Fsp3) is 0.471. The molecule has 1 aliphatic rings. The van der Waals surface area contributed by atoms with Crippen molar-refractivity contribution in [3.05, 3.63) is 47.6 Å².